The summed E-state index contributed by atoms with van der Waals surface area (Å²) in [4.78, 5) is 2.53. The summed E-state index contributed by atoms with van der Waals surface area (Å²) in [6.07, 6.45) is 0. The second-order valence-electron chi connectivity index (χ2n) is 6.17. The highest BCUT2D eigenvalue weighted by molar-refractivity contribution is 7.91. The fourth-order valence-corrected chi connectivity index (χ4v) is 4.15. The summed E-state index contributed by atoms with van der Waals surface area (Å²) >= 11 is 0. The van der Waals surface area contributed by atoms with Gasteiger partial charge in [0.15, 0.2) is 9.84 Å². The van der Waals surface area contributed by atoms with Crippen LogP contribution in [0.2, 0.25) is 0 Å². The third kappa shape index (κ3) is 2.14. The molecule has 1 aliphatic heterocycles. The Morgan fingerprint density at radius 2 is 1.89 bits per heavy atom. The van der Waals surface area contributed by atoms with Gasteiger partial charge in [-0.2, -0.15) is 0 Å². The maximum Gasteiger partial charge on any atom is 0.182 e. The molecule has 0 radical (unpaired) electrons. The molecule has 1 atom stereocenters. The molecule has 0 spiro atoms. The standard InChI is InChI=1S/C14H21NO2S/c1-10-9-18(16,17)13-8-11(14(2,3)4)6-7-12(13)15(10)5/h6-8,10H,9H2,1-5H3. The van der Waals surface area contributed by atoms with Gasteiger partial charge < -0.3 is 4.90 Å². The molecule has 2 rings (SSSR count). The van der Waals surface area contributed by atoms with Crippen molar-refractivity contribution in [1.29, 1.82) is 0 Å². The number of benzene rings is 1. The predicted molar refractivity (Wildman–Crippen MR) is 75.1 cm³/mol. The topological polar surface area (TPSA) is 37.4 Å². The normalized spacial score (nSPS) is 22.7. The average Bonchev–Trinajstić information content (AvgIpc) is 2.24. The van der Waals surface area contributed by atoms with Crippen LogP contribution in [0.1, 0.15) is 33.3 Å². The number of sulfone groups is 1. The first-order valence-corrected chi connectivity index (χ1v) is 7.88. The molecule has 0 N–H and O–H groups in total. The van der Waals surface area contributed by atoms with Crippen LogP contribution in [-0.2, 0) is 15.3 Å². The molecule has 0 amide bonds. The molecule has 0 bridgehead atoms. The van der Waals surface area contributed by atoms with E-state index in [0.717, 1.165) is 11.3 Å². The van der Waals surface area contributed by atoms with E-state index in [4.69, 9.17) is 0 Å². The highest BCUT2D eigenvalue weighted by Crippen LogP contribution is 2.35. The summed E-state index contributed by atoms with van der Waals surface area (Å²) < 4.78 is 24.6. The van der Waals surface area contributed by atoms with Crippen LogP contribution < -0.4 is 4.90 Å². The summed E-state index contributed by atoms with van der Waals surface area (Å²) in [5.41, 5.74) is 1.85. The van der Waals surface area contributed by atoms with Gasteiger partial charge in [0, 0.05) is 13.1 Å². The monoisotopic (exact) mass is 267 g/mol. The Balaban J connectivity index is 2.66. The number of hydrogen-bond acceptors (Lipinski definition) is 3. The molecule has 1 aromatic rings. The van der Waals surface area contributed by atoms with Crippen molar-refractivity contribution in [2.75, 3.05) is 17.7 Å². The van der Waals surface area contributed by atoms with E-state index < -0.39 is 9.84 Å². The van der Waals surface area contributed by atoms with E-state index >= 15 is 0 Å². The lowest BCUT2D eigenvalue weighted by Crippen LogP contribution is -2.40. The lowest BCUT2D eigenvalue weighted by atomic mass is 9.87. The minimum Gasteiger partial charge on any atom is -0.370 e. The molecule has 100 valence electrons. The SMILES string of the molecule is CC1CS(=O)(=O)c2cc(C(C)(C)C)ccc2N1C. The zero-order chi connectivity index (χ0) is 13.7. The molecule has 1 unspecified atom stereocenters. The first-order chi connectivity index (χ1) is 8.13. The van der Waals surface area contributed by atoms with Crippen LogP contribution in [-0.4, -0.2) is 27.3 Å². The third-order valence-electron chi connectivity index (χ3n) is 3.66. The lowest BCUT2D eigenvalue weighted by Gasteiger charge is -2.34. The number of anilines is 1. The number of nitrogens with zero attached hydrogens (tertiary/aromatic N) is 1. The Morgan fingerprint density at radius 3 is 2.44 bits per heavy atom. The number of hydrogen-bond donors (Lipinski definition) is 0. The Kier molecular flexibility index (Phi) is 2.97. The summed E-state index contributed by atoms with van der Waals surface area (Å²) in [6.45, 7) is 8.22. The quantitative estimate of drug-likeness (QED) is 0.725. The average molecular weight is 267 g/mol. The first-order valence-electron chi connectivity index (χ1n) is 6.23. The largest absolute Gasteiger partial charge is 0.370 e. The van der Waals surface area contributed by atoms with Crippen molar-refractivity contribution >= 4 is 15.5 Å². The number of fused-ring (bicyclic) bond motifs is 1. The van der Waals surface area contributed by atoms with Gasteiger partial charge in [-0.25, -0.2) is 8.42 Å². The van der Waals surface area contributed by atoms with Crippen molar-refractivity contribution in [1.82, 2.24) is 0 Å². The molecular formula is C14H21NO2S. The molecule has 1 heterocycles. The Morgan fingerprint density at radius 1 is 1.28 bits per heavy atom. The highest BCUT2D eigenvalue weighted by atomic mass is 32.2. The second-order valence-corrected chi connectivity index (χ2v) is 8.18. The van der Waals surface area contributed by atoms with E-state index in [-0.39, 0.29) is 17.2 Å². The van der Waals surface area contributed by atoms with Crippen LogP contribution in [0.4, 0.5) is 5.69 Å². The van der Waals surface area contributed by atoms with Crippen molar-refractivity contribution in [3.63, 3.8) is 0 Å². The third-order valence-corrected chi connectivity index (χ3v) is 5.58. The fraction of sp³-hybridized carbons (Fsp3) is 0.571. The van der Waals surface area contributed by atoms with Crippen molar-refractivity contribution < 1.29 is 8.42 Å². The van der Waals surface area contributed by atoms with Crippen LogP contribution in [0.5, 0.6) is 0 Å². The molecule has 0 saturated heterocycles. The van der Waals surface area contributed by atoms with E-state index in [9.17, 15) is 8.42 Å². The van der Waals surface area contributed by atoms with Crippen LogP contribution in [0.15, 0.2) is 23.1 Å². The zero-order valence-electron chi connectivity index (χ0n) is 11.7. The minimum atomic E-state index is -3.15. The van der Waals surface area contributed by atoms with Gasteiger partial charge in [-0.15, -0.1) is 0 Å². The second kappa shape index (κ2) is 3.98. The van der Waals surface area contributed by atoms with Crippen molar-refractivity contribution in [3.05, 3.63) is 23.8 Å². The Labute approximate surface area is 110 Å². The maximum atomic E-state index is 12.3. The van der Waals surface area contributed by atoms with Crippen LogP contribution in [0, 0.1) is 0 Å². The molecule has 0 aromatic heterocycles. The van der Waals surface area contributed by atoms with Gasteiger partial charge in [-0.05, 0) is 30.0 Å². The van der Waals surface area contributed by atoms with Crippen LogP contribution in [0.3, 0.4) is 0 Å². The van der Waals surface area contributed by atoms with Gasteiger partial charge in [-0.3, -0.25) is 0 Å². The molecule has 1 aromatic carbocycles. The summed E-state index contributed by atoms with van der Waals surface area (Å²) in [5, 5.41) is 0. The van der Waals surface area contributed by atoms with Gasteiger partial charge in [0.25, 0.3) is 0 Å². The molecule has 3 nitrogen and oxygen atoms in total. The van der Waals surface area contributed by atoms with E-state index in [1.54, 1.807) is 0 Å². The van der Waals surface area contributed by atoms with Crippen molar-refractivity contribution in [2.45, 2.75) is 44.0 Å². The lowest BCUT2D eigenvalue weighted by molar-refractivity contribution is 0.572. The zero-order valence-corrected chi connectivity index (χ0v) is 12.5. The van der Waals surface area contributed by atoms with E-state index in [1.165, 1.54) is 0 Å². The van der Waals surface area contributed by atoms with E-state index in [1.807, 2.05) is 37.1 Å². The molecule has 0 saturated carbocycles. The van der Waals surface area contributed by atoms with Crippen LogP contribution in [0.25, 0.3) is 0 Å². The molecule has 0 aliphatic carbocycles. The van der Waals surface area contributed by atoms with E-state index in [0.29, 0.717) is 4.90 Å². The Hall–Kier alpha value is -1.03. The summed E-state index contributed by atoms with van der Waals surface area (Å²) in [5.74, 6) is 0.199. The van der Waals surface area contributed by atoms with Gasteiger partial charge >= 0.3 is 0 Å². The fourth-order valence-electron chi connectivity index (χ4n) is 2.28. The van der Waals surface area contributed by atoms with Gasteiger partial charge in [-0.1, -0.05) is 26.8 Å². The predicted octanol–water partition coefficient (Wildman–Crippen LogP) is 2.60. The maximum absolute atomic E-state index is 12.3. The molecule has 1 aliphatic rings. The van der Waals surface area contributed by atoms with Crippen molar-refractivity contribution in [2.24, 2.45) is 0 Å². The summed E-state index contributed by atoms with van der Waals surface area (Å²) in [7, 11) is -1.20. The molecular weight excluding hydrogens is 246 g/mol. The minimum absolute atomic E-state index is 0.0305. The molecule has 0 fully saturated rings. The first kappa shape index (κ1) is 13.4. The molecule has 18 heavy (non-hydrogen) atoms. The summed E-state index contributed by atoms with van der Waals surface area (Å²) in [6, 6.07) is 5.84. The molecule has 4 heteroatoms. The van der Waals surface area contributed by atoms with Gasteiger partial charge in [0.2, 0.25) is 0 Å². The smallest absolute Gasteiger partial charge is 0.182 e. The Bertz CT molecular complexity index is 570. The number of rotatable bonds is 0. The van der Waals surface area contributed by atoms with E-state index in [2.05, 4.69) is 20.8 Å². The van der Waals surface area contributed by atoms with Gasteiger partial charge in [0.05, 0.1) is 16.3 Å². The van der Waals surface area contributed by atoms with Crippen LogP contribution >= 0.6 is 0 Å². The van der Waals surface area contributed by atoms with Crippen molar-refractivity contribution in [3.8, 4) is 0 Å². The highest BCUT2D eigenvalue weighted by Gasteiger charge is 2.32. The van der Waals surface area contributed by atoms with Gasteiger partial charge in [0.1, 0.15) is 0 Å².